The molecule has 0 radical (unpaired) electrons. The van der Waals surface area contributed by atoms with Crippen molar-refractivity contribution in [3.05, 3.63) is 68.5 Å². The van der Waals surface area contributed by atoms with Crippen LogP contribution in [0, 0.1) is 0 Å². The summed E-state index contributed by atoms with van der Waals surface area (Å²) in [6.07, 6.45) is 3.06. The van der Waals surface area contributed by atoms with Gasteiger partial charge in [-0.25, -0.2) is 4.98 Å². The van der Waals surface area contributed by atoms with Gasteiger partial charge in [-0.1, -0.05) is 16.8 Å². The van der Waals surface area contributed by atoms with E-state index in [1.165, 1.54) is 0 Å². The Labute approximate surface area is 161 Å². The molecule has 1 fully saturated rings. The first-order chi connectivity index (χ1) is 13.2. The molecular formula is C20H19ClN4O2. The number of hydrogen-bond donors (Lipinski definition) is 1. The molecule has 1 N–H and O–H groups in total. The largest absolute Gasteiger partial charge is 0.356 e. The lowest BCUT2D eigenvalue weighted by molar-refractivity contribution is 0.234. The smallest absolute Gasteiger partial charge is 0.255 e. The Hall–Kier alpha value is -2.44. The van der Waals surface area contributed by atoms with Crippen LogP contribution in [0.2, 0.25) is 5.02 Å². The average Bonchev–Trinajstić information content (AvgIpc) is 3.42. The van der Waals surface area contributed by atoms with Gasteiger partial charge in [-0.05, 0) is 37.1 Å². The molecule has 1 saturated carbocycles. The van der Waals surface area contributed by atoms with Crippen LogP contribution < -0.4 is 5.56 Å². The summed E-state index contributed by atoms with van der Waals surface area (Å²) in [7, 11) is 0. The summed E-state index contributed by atoms with van der Waals surface area (Å²) in [4.78, 5) is 22.3. The van der Waals surface area contributed by atoms with Gasteiger partial charge < -0.3 is 9.51 Å². The molecule has 0 bridgehead atoms. The van der Waals surface area contributed by atoms with E-state index in [1.807, 2.05) is 30.3 Å². The molecule has 138 valence electrons. The van der Waals surface area contributed by atoms with Crippen molar-refractivity contribution in [2.24, 2.45) is 0 Å². The van der Waals surface area contributed by atoms with Crippen molar-refractivity contribution >= 4 is 11.6 Å². The number of nitrogens with zero attached hydrogens (tertiary/aromatic N) is 3. The summed E-state index contributed by atoms with van der Waals surface area (Å²) < 4.78 is 5.47. The van der Waals surface area contributed by atoms with Crippen LogP contribution in [-0.2, 0) is 19.5 Å². The van der Waals surface area contributed by atoms with E-state index in [1.54, 1.807) is 0 Å². The third-order valence-corrected chi connectivity index (χ3v) is 5.46. The van der Waals surface area contributed by atoms with Crippen LogP contribution in [-0.4, -0.2) is 26.6 Å². The molecule has 0 amide bonds. The molecule has 3 aromatic rings. The molecule has 7 heteroatoms. The summed E-state index contributed by atoms with van der Waals surface area (Å²) in [5.41, 5.74) is 3.54. The van der Waals surface area contributed by atoms with Crippen LogP contribution in [0.1, 0.15) is 41.5 Å². The summed E-state index contributed by atoms with van der Waals surface area (Å²) >= 11 is 5.93. The minimum Gasteiger partial charge on any atom is -0.356 e. The number of nitrogens with one attached hydrogen (secondary N) is 1. The SMILES string of the molecule is O=c1[nH]c(C2CC2)nc2c1CN(Cc1cc(-c3ccc(Cl)cc3)on1)CC2. The molecule has 2 aromatic heterocycles. The van der Waals surface area contributed by atoms with Crippen molar-refractivity contribution < 1.29 is 4.52 Å². The standard InChI is InChI=1S/C20H19ClN4O2/c21-14-5-3-12(4-6-14)18-9-15(24-27-18)10-25-8-7-17-16(11-25)20(26)23-19(22-17)13-1-2-13/h3-6,9,13H,1-2,7-8,10-11H2,(H,22,23,26). The van der Waals surface area contributed by atoms with Crippen molar-refractivity contribution in [2.45, 2.75) is 38.3 Å². The molecule has 2 aliphatic rings. The Morgan fingerprint density at radius 3 is 2.85 bits per heavy atom. The van der Waals surface area contributed by atoms with E-state index < -0.39 is 0 Å². The number of aromatic amines is 1. The molecule has 3 heterocycles. The molecule has 27 heavy (non-hydrogen) atoms. The van der Waals surface area contributed by atoms with Crippen molar-refractivity contribution in [3.63, 3.8) is 0 Å². The summed E-state index contributed by atoms with van der Waals surface area (Å²) in [5, 5.41) is 4.87. The fourth-order valence-corrected chi connectivity index (χ4v) is 3.68. The van der Waals surface area contributed by atoms with Gasteiger partial charge >= 0.3 is 0 Å². The molecule has 0 spiro atoms. The van der Waals surface area contributed by atoms with Crippen LogP contribution in [0.15, 0.2) is 39.6 Å². The van der Waals surface area contributed by atoms with Gasteiger partial charge in [0.1, 0.15) is 5.82 Å². The molecule has 6 nitrogen and oxygen atoms in total. The Balaban J connectivity index is 1.31. The summed E-state index contributed by atoms with van der Waals surface area (Å²) in [6.45, 7) is 2.09. The maximum Gasteiger partial charge on any atom is 0.255 e. The van der Waals surface area contributed by atoms with Crippen LogP contribution in [0.3, 0.4) is 0 Å². The van der Waals surface area contributed by atoms with Crippen LogP contribution in [0.4, 0.5) is 0 Å². The lowest BCUT2D eigenvalue weighted by atomic mass is 10.1. The topological polar surface area (TPSA) is 75.0 Å². The zero-order valence-electron chi connectivity index (χ0n) is 14.7. The maximum absolute atomic E-state index is 12.5. The van der Waals surface area contributed by atoms with Crippen molar-refractivity contribution in [2.75, 3.05) is 6.54 Å². The Morgan fingerprint density at radius 1 is 1.26 bits per heavy atom. The molecule has 1 aliphatic heterocycles. The number of aromatic nitrogens is 3. The number of benzene rings is 1. The van der Waals surface area contributed by atoms with E-state index in [0.29, 0.717) is 29.8 Å². The van der Waals surface area contributed by atoms with Crippen molar-refractivity contribution in [3.8, 4) is 11.3 Å². The van der Waals surface area contributed by atoms with E-state index in [4.69, 9.17) is 21.1 Å². The molecule has 5 rings (SSSR count). The Kier molecular flexibility index (Phi) is 4.10. The van der Waals surface area contributed by atoms with Gasteiger partial charge in [0.15, 0.2) is 5.76 Å². The number of halogens is 1. The zero-order valence-corrected chi connectivity index (χ0v) is 15.5. The third kappa shape index (κ3) is 3.42. The maximum atomic E-state index is 12.5. The van der Waals surface area contributed by atoms with Gasteiger partial charge in [0, 0.05) is 48.6 Å². The van der Waals surface area contributed by atoms with Gasteiger partial charge in [0.05, 0.1) is 17.0 Å². The molecule has 0 atom stereocenters. The Morgan fingerprint density at radius 2 is 2.07 bits per heavy atom. The highest BCUT2D eigenvalue weighted by atomic mass is 35.5. The molecule has 0 unspecified atom stereocenters. The third-order valence-electron chi connectivity index (χ3n) is 5.20. The number of rotatable bonds is 4. The van der Waals surface area contributed by atoms with E-state index in [9.17, 15) is 4.79 Å². The van der Waals surface area contributed by atoms with Crippen molar-refractivity contribution in [1.82, 2.24) is 20.0 Å². The van der Waals surface area contributed by atoms with Crippen LogP contribution in [0.5, 0.6) is 0 Å². The zero-order chi connectivity index (χ0) is 18.4. The quantitative estimate of drug-likeness (QED) is 0.747. The highest BCUT2D eigenvalue weighted by molar-refractivity contribution is 6.30. The molecule has 0 saturated heterocycles. The monoisotopic (exact) mass is 382 g/mol. The van der Waals surface area contributed by atoms with Crippen LogP contribution in [0.25, 0.3) is 11.3 Å². The first kappa shape index (κ1) is 16.7. The van der Waals surface area contributed by atoms with Crippen LogP contribution >= 0.6 is 11.6 Å². The van der Waals surface area contributed by atoms with E-state index in [0.717, 1.165) is 54.1 Å². The van der Waals surface area contributed by atoms with Gasteiger partial charge in [0.25, 0.3) is 5.56 Å². The second kappa shape index (κ2) is 6.62. The fourth-order valence-electron chi connectivity index (χ4n) is 3.55. The minimum absolute atomic E-state index is 0.00797. The minimum atomic E-state index is 0.00797. The fraction of sp³-hybridized carbons (Fsp3) is 0.350. The number of H-pyrrole nitrogens is 1. The predicted molar refractivity (Wildman–Crippen MR) is 102 cm³/mol. The second-order valence-corrected chi connectivity index (χ2v) is 7.74. The molecular weight excluding hydrogens is 364 g/mol. The van der Waals surface area contributed by atoms with Gasteiger partial charge in [-0.2, -0.15) is 0 Å². The van der Waals surface area contributed by atoms with E-state index in [-0.39, 0.29) is 5.56 Å². The van der Waals surface area contributed by atoms with Gasteiger partial charge in [-0.15, -0.1) is 0 Å². The lowest BCUT2D eigenvalue weighted by Crippen LogP contribution is -2.35. The number of hydrogen-bond acceptors (Lipinski definition) is 5. The van der Waals surface area contributed by atoms with E-state index >= 15 is 0 Å². The Bertz CT molecular complexity index is 1040. The molecule has 1 aromatic carbocycles. The number of fused-ring (bicyclic) bond motifs is 1. The summed E-state index contributed by atoms with van der Waals surface area (Å²) in [5.74, 6) is 2.05. The van der Waals surface area contributed by atoms with E-state index in [2.05, 4.69) is 15.0 Å². The first-order valence-corrected chi connectivity index (χ1v) is 9.59. The van der Waals surface area contributed by atoms with Gasteiger partial charge in [0.2, 0.25) is 0 Å². The predicted octanol–water partition coefficient (Wildman–Crippen LogP) is 3.51. The normalized spacial score (nSPS) is 17.1. The first-order valence-electron chi connectivity index (χ1n) is 9.21. The van der Waals surface area contributed by atoms with Crippen molar-refractivity contribution in [1.29, 1.82) is 0 Å². The second-order valence-electron chi connectivity index (χ2n) is 7.30. The highest BCUT2D eigenvalue weighted by Gasteiger charge is 2.29. The lowest BCUT2D eigenvalue weighted by Gasteiger charge is -2.26. The average molecular weight is 383 g/mol. The summed E-state index contributed by atoms with van der Waals surface area (Å²) in [6, 6.07) is 9.42. The van der Waals surface area contributed by atoms with Gasteiger partial charge in [-0.3, -0.25) is 9.69 Å². The molecule has 1 aliphatic carbocycles. The highest BCUT2D eigenvalue weighted by Crippen LogP contribution is 2.37.